The number of methoxy groups -OCH3 is 1. The van der Waals surface area contributed by atoms with Crippen LogP contribution in [0.5, 0.6) is 5.75 Å². The summed E-state index contributed by atoms with van der Waals surface area (Å²) in [5, 5.41) is 11.7. The van der Waals surface area contributed by atoms with Crippen molar-refractivity contribution in [1.29, 1.82) is 0 Å². The molecule has 0 aliphatic carbocycles. The lowest BCUT2D eigenvalue weighted by atomic mass is 9.85. The second kappa shape index (κ2) is 10.8. The topological polar surface area (TPSA) is 93.1 Å². The molecular formula is C32H33NO6. The average Bonchev–Trinajstić information content (AvgIpc) is 3.17. The van der Waals surface area contributed by atoms with Gasteiger partial charge in [0.2, 0.25) is 0 Å². The minimum atomic E-state index is -0.939. The fourth-order valence-electron chi connectivity index (χ4n) is 4.62. The smallest absolute Gasteiger partial charge is 0.338 e. The summed E-state index contributed by atoms with van der Waals surface area (Å²) in [4.78, 5) is 41.1. The van der Waals surface area contributed by atoms with Gasteiger partial charge < -0.3 is 14.6 Å². The first-order chi connectivity index (χ1) is 18.4. The van der Waals surface area contributed by atoms with Gasteiger partial charge in [0, 0.05) is 5.69 Å². The number of hydrogen-bond acceptors (Lipinski definition) is 6. The molecule has 7 nitrogen and oxygen atoms in total. The van der Waals surface area contributed by atoms with Gasteiger partial charge in [-0.3, -0.25) is 14.5 Å². The van der Waals surface area contributed by atoms with E-state index >= 15 is 0 Å². The van der Waals surface area contributed by atoms with Crippen molar-refractivity contribution in [3.8, 4) is 5.75 Å². The zero-order valence-corrected chi connectivity index (χ0v) is 23.0. The molecule has 1 fully saturated rings. The minimum absolute atomic E-state index is 0.0641. The molecule has 1 aliphatic rings. The Balaban J connectivity index is 1.94. The van der Waals surface area contributed by atoms with Gasteiger partial charge in [-0.25, -0.2) is 4.79 Å². The van der Waals surface area contributed by atoms with Crippen LogP contribution in [0.15, 0.2) is 78.4 Å². The molecule has 1 N–H and O–H groups in total. The predicted molar refractivity (Wildman–Crippen MR) is 150 cm³/mol. The Labute approximate surface area is 228 Å². The molecule has 4 rings (SSSR count). The van der Waals surface area contributed by atoms with E-state index in [-0.39, 0.29) is 28.4 Å². The Morgan fingerprint density at radius 3 is 2.26 bits per heavy atom. The molecular weight excluding hydrogens is 494 g/mol. The third-order valence-electron chi connectivity index (χ3n) is 6.58. The highest BCUT2D eigenvalue weighted by molar-refractivity contribution is 6.51. The summed E-state index contributed by atoms with van der Waals surface area (Å²) in [5.74, 6) is -2.14. The molecule has 3 aromatic rings. The van der Waals surface area contributed by atoms with Gasteiger partial charge in [-0.05, 0) is 60.7 Å². The zero-order chi connectivity index (χ0) is 28.5. The Morgan fingerprint density at radius 1 is 0.949 bits per heavy atom. The van der Waals surface area contributed by atoms with Gasteiger partial charge in [-0.15, -0.1) is 0 Å². The van der Waals surface area contributed by atoms with E-state index in [2.05, 4.69) is 0 Å². The molecule has 0 radical (unpaired) electrons. The van der Waals surface area contributed by atoms with E-state index in [0.717, 1.165) is 5.56 Å². The second-order valence-corrected chi connectivity index (χ2v) is 10.7. The molecule has 7 heteroatoms. The third kappa shape index (κ3) is 5.43. The fraction of sp³-hybridized carbons (Fsp3) is 0.281. The number of aliphatic hydroxyl groups excluding tert-OH is 1. The highest BCUT2D eigenvalue weighted by atomic mass is 16.5. The van der Waals surface area contributed by atoms with Crippen molar-refractivity contribution in [2.75, 3.05) is 12.0 Å². The highest BCUT2D eigenvalue weighted by Crippen LogP contribution is 2.44. The monoisotopic (exact) mass is 527 g/mol. The molecule has 0 bridgehead atoms. The highest BCUT2D eigenvalue weighted by Gasteiger charge is 2.47. The molecule has 202 valence electrons. The first-order valence-corrected chi connectivity index (χ1v) is 12.8. The maximum absolute atomic E-state index is 13.6. The van der Waals surface area contributed by atoms with Crippen molar-refractivity contribution in [2.24, 2.45) is 0 Å². The van der Waals surface area contributed by atoms with Gasteiger partial charge in [-0.1, -0.05) is 63.2 Å². The van der Waals surface area contributed by atoms with E-state index in [4.69, 9.17) is 9.47 Å². The number of ketones is 1. The van der Waals surface area contributed by atoms with Gasteiger partial charge in [0.05, 0.1) is 36.0 Å². The van der Waals surface area contributed by atoms with E-state index in [0.29, 0.717) is 22.6 Å². The van der Waals surface area contributed by atoms with Crippen LogP contribution in [0.4, 0.5) is 5.69 Å². The average molecular weight is 528 g/mol. The fourth-order valence-corrected chi connectivity index (χ4v) is 4.62. The summed E-state index contributed by atoms with van der Waals surface area (Å²) in [6, 6.07) is 19.9. The van der Waals surface area contributed by atoms with Crippen molar-refractivity contribution < 1.29 is 29.0 Å². The van der Waals surface area contributed by atoms with Crippen molar-refractivity contribution in [3.05, 3.63) is 101 Å². The molecule has 1 unspecified atom stereocenters. The second-order valence-electron chi connectivity index (χ2n) is 10.7. The number of aliphatic hydroxyl groups is 1. The summed E-state index contributed by atoms with van der Waals surface area (Å²) in [7, 11) is 1.48. The van der Waals surface area contributed by atoms with Crippen LogP contribution in [0.25, 0.3) is 5.76 Å². The van der Waals surface area contributed by atoms with Crippen LogP contribution in [0.3, 0.4) is 0 Å². The molecule has 1 heterocycles. The molecule has 0 saturated carbocycles. The van der Waals surface area contributed by atoms with Gasteiger partial charge >= 0.3 is 5.97 Å². The van der Waals surface area contributed by atoms with Gasteiger partial charge in [0.25, 0.3) is 11.7 Å². The molecule has 3 aromatic carbocycles. The van der Waals surface area contributed by atoms with Gasteiger partial charge in [-0.2, -0.15) is 0 Å². The number of carbonyl (C=O) groups is 3. The summed E-state index contributed by atoms with van der Waals surface area (Å²) in [6.07, 6.45) is -0.321. The zero-order valence-electron chi connectivity index (χ0n) is 23.0. The number of amides is 1. The summed E-state index contributed by atoms with van der Waals surface area (Å²) >= 11 is 0. The standard InChI is InChI=1S/C32H33NO6/c1-19(2)39-31(37)21-13-10-14-23(17-21)33-27(20-11-8-7-9-12-20)26(29(35)30(33)36)28(34)24-18-22(32(3,4)5)15-16-25(24)38-6/h7-19,27,34H,1-6H3/b28-26+. The number of nitrogens with zero attached hydrogens (tertiary/aromatic N) is 1. The first-order valence-electron chi connectivity index (χ1n) is 12.8. The maximum atomic E-state index is 13.6. The van der Waals surface area contributed by atoms with Crippen LogP contribution in [0.2, 0.25) is 0 Å². The third-order valence-corrected chi connectivity index (χ3v) is 6.58. The van der Waals surface area contributed by atoms with Crippen LogP contribution in [-0.2, 0) is 19.7 Å². The van der Waals surface area contributed by atoms with Crippen LogP contribution >= 0.6 is 0 Å². The van der Waals surface area contributed by atoms with Crippen molar-refractivity contribution in [1.82, 2.24) is 0 Å². The Hall–Kier alpha value is -4.39. The lowest BCUT2D eigenvalue weighted by molar-refractivity contribution is -0.132. The van der Waals surface area contributed by atoms with E-state index < -0.39 is 23.7 Å². The van der Waals surface area contributed by atoms with Crippen LogP contribution in [0, 0.1) is 0 Å². The van der Waals surface area contributed by atoms with Crippen LogP contribution in [0.1, 0.15) is 67.7 Å². The first kappa shape index (κ1) is 27.6. The lowest BCUT2D eigenvalue weighted by Crippen LogP contribution is -2.29. The van der Waals surface area contributed by atoms with Crippen molar-refractivity contribution in [2.45, 2.75) is 52.2 Å². The largest absolute Gasteiger partial charge is 0.507 e. The van der Waals surface area contributed by atoms with E-state index in [1.165, 1.54) is 18.1 Å². The maximum Gasteiger partial charge on any atom is 0.338 e. The van der Waals surface area contributed by atoms with Gasteiger partial charge in [0.15, 0.2) is 0 Å². The number of ether oxygens (including phenoxy) is 2. The molecule has 1 amide bonds. The number of anilines is 1. The normalized spacial score (nSPS) is 17.0. The SMILES string of the molecule is COc1ccc(C(C)(C)C)cc1/C(O)=C1\C(=O)C(=O)N(c2cccc(C(=O)OC(C)C)c2)C1c1ccccc1. The van der Waals surface area contributed by atoms with E-state index in [9.17, 15) is 19.5 Å². The van der Waals surface area contributed by atoms with Crippen molar-refractivity contribution >= 4 is 29.1 Å². The van der Waals surface area contributed by atoms with E-state index in [1.54, 1.807) is 68.4 Å². The Bertz CT molecular complexity index is 1450. The Kier molecular flexibility index (Phi) is 7.63. The number of benzene rings is 3. The van der Waals surface area contributed by atoms with Crippen LogP contribution in [-0.4, -0.2) is 36.0 Å². The van der Waals surface area contributed by atoms with Gasteiger partial charge in [0.1, 0.15) is 11.5 Å². The number of carbonyl (C=O) groups excluding carboxylic acids is 3. The molecule has 1 aliphatic heterocycles. The summed E-state index contributed by atoms with van der Waals surface area (Å²) in [6.45, 7) is 9.62. The summed E-state index contributed by atoms with van der Waals surface area (Å²) < 4.78 is 10.8. The number of rotatable bonds is 6. The predicted octanol–water partition coefficient (Wildman–Crippen LogP) is 6.18. The molecule has 1 atom stereocenters. The van der Waals surface area contributed by atoms with Crippen LogP contribution < -0.4 is 9.64 Å². The quantitative estimate of drug-likeness (QED) is 0.178. The molecule has 0 spiro atoms. The molecule has 39 heavy (non-hydrogen) atoms. The van der Waals surface area contributed by atoms with E-state index in [1.807, 2.05) is 32.9 Å². The number of Topliss-reactive ketones (excluding diaryl/α,β-unsaturated/α-hetero) is 1. The number of esters is 1. The molecule has 1 saturated heterocycles. The Morgan fingerprint density at radius 2 is 1.64 bits per heavy atom. The lowest BCUT2D eigenvalue weighted by Gasteiger charge is -2.26. The van der Waals surface area contributed by atoms with Crippen molar-refractivity contribution in [3.63, 3.8) is 0 Å². The molecule has 0 aromatic heterocycles. The number of hydrogen-bond donors (Lipinski definition) is 1. The minimum Gasteiger partial charge on any atom is -0.507 e. The summed E-state index contributed by atoms with van der Waals surface area (Å²) in [5.41, 5.74) is 2.14.